The number of hydrogen-bond acceptors (Lipinski definition) is 4. The quantitative estimate of drug-likeness (QED) is 0.813. The number of carboxylic acids is 1. The summed E-state index contributed by atoms with van der Waals surface area (Å²) in [6, 6.07) is 0.117. The fourth-order valence-electron chi connectivity index (χ4n) is 1.93. The van der Waals surface area contributed by atoms with Gasteiger partial charge in [0, 0.05) is 19.6 Å². The second kappa shape index (κ2) is 4.83. The van der Waals surface area contributed by atoms with Gasteiger partial charge in [0.2, 0.25) is 0 Å². The van der Waals surface area contributed by atoms with Crippen molar-refractivity contribution in [3.8, 4) is 0 Å². The lowest BCUT2D eigenvalue weighted by atomic mass is 10.2. The molecule has 1 aromatic heterocycles. The third-order valence-electron chi connectivity index (χ3n) is 3.05. The first kappa shape index (κ1) is 12.0. The molecule has 0 bridgehead atoms. The van der Waals surface area contributed by atoms with Gasteiger partial charge in [0.1, 0.15) is 0 Å². The van der Waals surface area contributed by atoms with Gasteiger partial charge in [-0.3, -0.25) is 0 Å². The molecular weight excluding hydrogens is 222 g/mol. The van der Waals surface area contributed by atoms with E-state index in [4.69, 9.17) is 9.84 Å². The Kier molecular flexibility index (Phi) is 3.42. The molecule has 1 atom stereocenters. The van der Waals surface area contributed by atoms with E-state index in [1.165, 1.54) is 0 Å². The van der Waals surface area contributed by atoms with Crippen LogP contribution in [0.1, 0.15) is 54.3 Å². The molecule has 0 aliphatic heterocycles. The van der Waals surface area contributed by atoms with Crippen LogP contribution in [0.4, 0.5) is 0 Å². The van der Waals surface area contributed by atoms with E-state index >= 15 is 0 Å². The summed E-state index contributed by atoms with van der Waals surface area (Å²) in [7, 11) is 1.65. The Labute approximate surface area is 99.6 Å². The van der Waals surface area contributed by atoms with E-state index in [1.807, 2.05) is 6.92 Å². The zero-order valence-corrected chi connectivity index (χ0v) is 10.1. The summed E-state index contributed by atoms with van der Waals surface area (Å²) in [5.74, 6) is -0.668. The second-order valence-corrected chi connectivity index (χ2v) is 4.48. The largest absolute Gasteiger partial charge is 0.476 e. The lowest BCUT2D eigenvalue weighted by Crippen LogP contribution is -2.13. The van der Waals surface area contributed by atoms with Crippen LogP contribution in [0, 0.1) is 0 Å². The highest BCUT2D eigenvalue weighted by Gasteiger charge is 2.34. The van der Waals surface area contributed by atoms with E-state index in [1.54, 1.807) is 11.8 Å². The number of carboxylic acid groups (broad SMARTS) is 1. The van der Waals surface area contributed by atoms with Crippen molar-refractivity contribution in [1.29, 1.82) is 0 Å². The van der Waals surface area contributed by atoms with Crippen LogP contribution in [0.5, 0.6) is 0 Å². The molecule has 0 amide bonds. The average Bonchev–Trinajstić information content (AvgIpc) is 3.04. The van der Waals surface area contributed by atoms with Crippen LogP contribution in [0.25, 0.3) is 0 Å². The minimum atomic E-state index is -0.989. The zero-order chi connectivity index (χ0) is 12.4. The van der Waals surface area contributed by atoms with Crippen molar-refractivity contribution in [2.24, 2.45) is 0 Å². The van der Waals surface area contributed by atoms with Gasteiger partial charge in [-0.2, -0.15) is 0 Å². The van der Waals surface area contributed by atoms with E-state index in [2.05, 4.69) is 10.3 Å². The predicted octanol–water partition coefficient (Wildman–Crippen LogP) is 1.45. The van der Waals surface area contributed by atoms with E-state index in [-0.39, 0.29) is 11.7 Å². The number of aromatic carboxylic acids is 1. The maximum Gasteiger partial charge on any atom is 0.358 e. The van der Waals surface area contributed by atoms with E-state index in [0.717, 1.165) is 25.0 Å². The molecule has 1 saturated carbocycles. The average molecular weight is 239 g/mol. The smallest absolute Gasteiger partial charge is 0.358 e. The first-order valence-corrected chi connectivity index (χ1v) is 5.82. The van der Waals surface area contributed by atoms with Gasteiger partial charge < -0.3 is 9.84 Å². The number of rotatable bonds is 6. The molecule has 0 aromatic carbocycles. The molecule has 0 saturated heterocycles. The van der Waals surface area contributed by atoms with Crippen LogP contribution in [0.2, 0.25) is 0 Å². The third kappa shape index (κ3) is 2.46. The molecule has 1 aliphatic carbocycles. The molecule has 17 heavy (non-hydrogen) atoms. The van der Waals surface area contributed by atoms with Crippen molar-refractivity contribution in [3.63, 3.8) is 0 Å². The fraction of sp³-hybridized carbons (Fsp3) is 0.727. The first-order valence-electron chi connectivity index (χ1n) is 5.82. The van der Waals surface area contributed by atoms with Gasteiger partial charge in [0.25, 0.3) is 0 Å². The van der Waals surface area contributed by atoms with Crippen LogP contribution in [-0.4, -0.2) is 39.8 Å². The van der Waals surface area contributed by atoms with Crippen LogP contribution >= 0.6 is 0 Å². The minimum absolute atomic E-state index is 0.108. The summed E-state index contributed by atoms with van der Waals surface area (Å²) >= 11 is 0. The number of aromatic nitrogens is 3. The molecule has 1 heterocycles. The maximum absolute atomic E-state index is 11.1. The summed E-state index contributed by atoms with van der Waals surface area (Å²) < 4.78 is 6.78. The second-order valence-electron chi connectivity index (χ2n) is 4.48. The van der Waals surface area contributed by atoms with Gasteiger partial charge in [-0.05, 0) is 26.2 Å². The van der Waals surface area contributed by atoms with E-state index in [9.17, 15) is 4.79 Å². The van der Waals surface area contributed by atoms with Crippen molar-refractivity contribution in [2.75, 3.05) is 13.7 Å². The Morgan fingerprint density at radius 3 is 2.88 bits per heavy atom. The van der Waals surface area contributed by atoms with Crippen molar-refractivity contribution in [1.82, 2.24) is 15.0 Å². The summed E-state index contributed by atoms with van der Waals surface area (Å²) in [6.45, 7) is 2.64. The Morgan fingerprint density at radius 1 is 1.65 bits per heavy atom. The van der Waals surface area contributed by atoms with Crippen molar-refractivity contribution in [2.45, 2.75) is 38.1 Å². The molecule has 1 aliphatic rings. The van der Waals surface area contributed by atoms with Gasteiger partial charge in [-0.15, -0.1) is 5.10 Å². The predicted molar refractivity (Wildman–Crippen MR) is 60.2 cm³/mol. The van der Waals surface area contributed by atoms with Crippen molar-refractivity contribution >= 4 is 5.97 Å². The number of ether oxygens (including phenoxy) is 1. The standard InChI is InChI=1S/C11H17N3O3/c1-7(5-6-17-2)14-10(8-3-4-8)9(11(15)16)12-13-14/h7-8H,3-6H2,1-2H3,(H,15,16). The topological polar surface area (TPSA) is 77.2 Å². The Balaban J connectivity index is 2.24. The highest BCUT2D eigenvalue weighted by Crippen LogP contribution is 2.42. The monoisotopic (exact) mass is 239 g/mol. The molecular formula is C11H17N3O3. The highest BCUT2D eigenvalue weighted by atomic mass is 16.5. The van der Waals surface area contributed by atoms with Gasteiger partial charge in [-0.1, -0.05) is 5.21 Å². The summed E-state index contributed by atoms with van der Waals surface area (Å²) in [6.07, 6.45) is 2.87. The number of hydrogen-bond donors (Lipinski definition) is 1. The molecule has 6 nitrogen and oxygen atoms in total. The SMILES string of the molecule is COCCC(C)n1nnc(C(=O)O)c1C1CC1. The fourth-order valence-corrected chi connectivity index (χ4v) is 1.93. The van der Waals surface area contributed by atoms with Crippen LogP contribution in [0.3, 0.4) is 0 Å². The minimum Gasteiger partial charge on any atom is -0.476 e. The summed E-state index contributed by atoms with van der Waals surface area (Å²) in [5, 5.41) is 16.8. The van der Waals surface area contributed by atoms with Crippen LogP contribution < -0.4 is 0 Å². The van der Waals surface area contributed by atoms with Crippen LogP contribution in [0.15, 0.2) is 0 Å². The number of carbonyl (C=O) groups is 1. The molecule has 1 unspecified atom stereocenters. The van der Waals surface area contributed by atoms with Crippen LogP contribution in [-0.2, 0) is 4.74 Å². The molecule has 6 heteroatoms. The Bertz CT molecular complexity index is 412. The van der Waals surface area contributed by atoms with Gasteiger partial charge in [0.15, 0.2) is 5.69 Å². The molecule has 1 N–H and O–H groups in total. The molecule has 94 valence electrons. The summed E-state index contributed by atoms with van der Waals surface area (Å²) in [4.78, 5) is 11.1. The Morgan fingerprint density at radius 2 is 2.35 bits per heavy atom. The lowest BCUT2D eigenvalue weighted by Gasteiger charge is -2.14. The molecule has 0 radical (unpaired) electrons. The molecule has 1 fully saturated rings. The normalized spacial score (nSPS) is 17.1. The molecule has 0 spiro atoms. The van der Waals surface area contributed by atoms with Gasteiger partial charge in [0.05, 0.1) is 11.7 Å². The number of nitrogens with zero attached hydrogens (tertiary/aromatic N) is 3. The van der Waals surface area contributed by atoms with E-state index < -0.39 is 5.97 Å². The maximum atomic E-state index is 11.1. The van der Waals surface area contributed by atoms with Crippen molar-refractivity contribution in [3.05, 3.63) is 11.4 Å². The molecule has 2 rings (SSSR count). The number of methoxy groups -OCH3 is 1. The molecule has 1 aromatic rings. The van der Waals surface area contributed by atoms with Crippen molar-refractivity contribution < 1.29 is 14.6 Å². The zero-order valence-electron chi connectivity index (χ0n) is 10.1. The highest BCUT2D eigenvalue weighted by molar-refractivity contribution is 5.86. The summed E-state index contributed by atoms with van der Waals surface area (Å²) in [5.41, 5.74) is 0.887. The first-order chi connectivity index (χ1) is 8.15. The Hall–Kier alpha value is -1.43. The van der Waals surface area contributed by atoms with Gasteiger partial charge in [-0.25, -0.2) is 9.48 Å². The lowest BCUT2D eigenvalue weighted by molar-refractivity contribution is 0.0689. The third-order valence-corrected chi connectivity index (χ3v) is 3.05. The van der Waals surface area contributed by atoms with E-state index in [0.29, 0.717) is 12.5 Å². The van der Waals surface area contributed by atoms with Gasteiger partial charge >= 0.3 is 5.97 Å².